The molecular formula is C20H18N4O4S2. The predicted molar refractivity (Wildman–Crippen MR) is 116 cm³/mol. The lowest BCUT2D eigenvalue weighted by Crippen LogP contribution is -2.13. The van der Waals surface area contributed by atoms with Crippen LogP contribution in [0.15, 0.2) is 40.7 Å². The van der Waals surface area contributed by atoms with Crippen LogP contribution in [-0.4, -0.2) is 34.6 Å². The summed E-state index contributed by atoms with van der Waals surface area (Å²) in [6.45, 7) is 4.07. The molecule has 0 bridgehead atoms. The van der Waals surface area contributed by atoms with Gasteiger partial charge in [0.15, 0.2) is 15.8 Å². The first-order chi connectivity index (χ1) is 14.5. The van der Waals surface area contributed by atoms with E-state index in [1.165, 1.54) is 23.1 Å². The number of ether oxygens (including phenoxy) is 2. The van der Waals surface area contributed by atoms with Gasteiger partial charge in [-0.1, -0.05) is 40.3 Å². The lowest BCUT2D eigenvalue weighted by Gasteiger charge is -2.05. The van der Waals surface area contributed by atoms with Gasteiger partial charge >= 0.3 is 0 Å². The van der Waals surface area contributed by atoms with Crippen LogP contribution >= 0.6 is 23.1 Å². The van der Waals surface area contributed by atoms with Crippen LogP contribution in [0.25, 0.3) is 0 Å². The fourth-order valence-electron chi connectivity index (χ4n) is 2.89. The molecule has 0 spiro atoms. The summed E-state index contributed by atoms with van der Waals surface area (Å²) in [5.74, 6) is 0.999. The summed E-state index contributed by atoms with van der Waals surface area (Å²) < 4.78 is 11.1. The Labute approximate surface area is 181 Å². The highest BCUT2D eigenvalue weighted by Gasteiger charge is 2.15. The number of nitrogens with zero attached hydrogens (tertiary/aromatic N) is 2. The van der Waals surface area contributed by atoms with Crippen molar-refractivity contribution >= 4 is 45.7 Å². The van der Waals surface area contributed by atoms with Crippen LogP contribution in [-0.2, 0) is 4.79 Å². The molecule has 0 aliphatic carbocycles. The highest BCUT2D eigenvalue weighted by Crippen LogP contribution is 2.34. The van der Waals surface area contributed by atoms with E-state index >= 15 is 0 Å². The number of rotatable bonds is 6. The molecular weight excluding hydrogens is 424 g/mol. The molecule has 10 heteroatoms. The Bertz CT molecular complexity index is 1100. The van der Waals surface area contributed by atoms with Gasteiger partial charge in [0.2, 0.25) is 17.8 Å². The Hall–Kier alpha value is -3.11. The Balaban J connectivity index is 1.30. The largest absolute Gasteiger partial charge is 0.454 e. The lowest BCUT2D eigenvalue weighted by atomic mass is 10.1. The van der Waals surface area contributed by atoms with Crippen LogP contribution in [0.4, 0.5) is 10.8 Å². The number of amides is 2. The van der Waals surface area contributed by atoms with E-state index in [-0.39, 0.29) is 24.4 Å². The molecule has 3 aromatic rings. The number of aromatic nitrogens is 2. The molecule has 0 unspecified atom stereocenters. The third-order valence-electron chi connectivity index (χ3n) is 4.09. The zero-order chi connectivity index (χ0) is 21.1. The van der Waals surface area contributed by atoms with Gasteiger partial charge in [-0.05, 0) is 38.1 Å². The first kappa shape index (κ1) is 20.2. The number of hydrogen-bond acceptors (Lipinski definition) is 8. The molecule has 0 atom stereocenters. The van der Waals surface area contributed by atoms with E-state index in [2.05, 4.69) is 20.8 Å². The molecule has 8 nitrogen and oxygen atoms in total. The van der Waals surface area contributed by atoms with Gasteiger partial charge in [-0.3, -0.25) is 14.9 Å². The lowest BCUT2D eigenvalue weighted by molar-refractivity contribution is -0.113. The van der Waals surface area contributed by atoms with Gasteiger partial charge in [0.25, 0.3) is 5.91 Å². The Morgan fingerprint density at radius 3 is 2.60 bits per heavy atom. The molecule has 1 aromatic heterocycles. The van der Waals surface area contributed by atoms with E-state index in [9.17, 15) is 9.59 Å². The molecule has 154 valence electrons. The predicted octanol–water partition coefficient (Wildman–Crippen LogP) is 3.87. The second kappa shape index (κ2) is 8.72. The quantitative estimate of drug-likeness (QED) is 0.441. The van der Waals surface area contributed by atoms with Crippen LogP contribution in [0.1, 0.15) is 21.5 Å². The number of fused-ring (bicyclic) bond motifs is 1. The highest BCUT2D eigenvalue weighted by atomic mass is 32.2. The molecule has 1 aliphatic rings. The topological polar surface area (TPSA) is 102 Å². The Kier molecular flexibility index (Phi) is 5.86. The summed E-state index contributed by atoms with van der Waals surface area (Å²) in [5.41, 5.74) is 3.23. The molecule has 0 saturated heterocycles. The second-order valence-corrected chi connectivity index (χ2v) is 8.81. The van der Waals surface area contributed by atoms with E-state index in [1.807, 2.05) is 32.0 Å². The maximum absolute atomic E-state index is 12.4. The van der Waals surface area contributed by atoms with Crippen molar-refractivity contribution in [3.05, 3.63) is 53.1 Å². The number of carbonyl (C=O) groups excluding carboxylic acids is 2. The fraction of sp³-hybridized carbons (Fsp3) is 0.200. The molecule has 30 heavy (non-hydrogen) atoms. The summed E-state index contributed by atoms with van der Waals surface area (Å²) in [7, 11) is 0. The van der Waals surface area contributed by atoms with Crippen LogP contribution < -0.4 is 20.1 Å². The number of nitrogens with one attached hydrogen (secondary N) is 2. The number of carbonyl (C=O) groups is 2. The van der Waals surface area contributed by atoms with Crippen LogP contribution in [0.3, 0.4) is 0 Å². The van der Waals surface area contributed by atoms with Crippen LogP contribution in [0, 0.1) is 13.8 Å². The summed E-state index contributed by atoms with van der Waals surface area (Å²) in [5, 5.41) is 13.9. The van der Waals surface area contributed by atoms with Gasteiger partial charge in [-0.25, -0.2) is 0 Å². The summed E-state index contributed by atoms with van der Waals surface area (Å²) in [6, 6.07) is 10.9. The van der Waals surface area contributed by atoms with Gasteiger partial charge in [0.05, 0.1) is 5.75 Å². The molecule has 0 fully saturated rings. The Morgan fingerprint density at radius 2 is 1.80 bits per heavy atom. The first-order valence-electron chi connectivity index (χ1n) is 9.02. The zero-order valence-corrected chi connectivity index (χ0v) is 17.9. The monoisotopic (exact) mass is 442 g/mol. The zero-order valence-electron chi connectivity index (χ0n) is 16.2. The summed E-state index contributed by atoms with van der Waals surface area (Å²) in [4.78, 5) is 24.6. The molecule has 2 N–H and O–H groups in total. The van der Waals surface area contributed by atoms with Crippen molar-refractivity contribution in [3.8, 4) is 11.5 Å². The first-order valence-corrected chi connectivity index (χ1v) is 10.8. The minimum atomic E-state index is -0.241. The van der Waals surface area contributed by atoms with Crippen molar-refractivity contribution in [1.29, 1.82) is 0 Å². The third kappa shape index (κ3) is 4.89. The normalized spacial score (nSPS) is 11.9. The SMILES string of the molecule is Cc1cc(C)cc(C(=O)Nc2nnc(SCC(=O)Nc3ccc4c(c3)OCO4)s2)c1. The molecule has 2 aromatic carbocycles. The minimum absolute atomic E-state index is 0.161. The van der Waals surface area contributed by atoms with Crippen molar-refractivity contribution in [2.24, 2.45) is 0 Å². The minimum Gasteiger partial charge on any atom is -0.454 e. The van der Waals surface area contributed by atoms with Gasteiger partial charge < -0.3 is 14.8 Å². The standard InChI is InChI=1S/C20H18N4O4S2/c1-11-5-12(2)7-13(6-11)18(26)22-19-23-24-20(30-19)29-9-17(25)21-14-3-4-15-16(8-14)28-10-27-15/h3-8H,9-10H2,1-2H3,(H,21,25)(H,22,23,26). The average Bonchev–Trinajstić information content (AvgIpc) is 3.34. The highest BCUT2D eigenvalue weighted by molar-refractivity contribution is 8.01. The van der Waals surface area contributed by atoms with Gasteiger partial charge in [0, 0.05) is 17.3 Å². The van der Waals surface area contributed by atoms with E-state index in [0.29, 0.717) is 32.2 Å². The summed E-state index contributed by atoms with van der Waals surface area (Å²) >= 11 is 2.47. The maximum Gasteiger partial charge on any atom is 0.257 e. The molecule has 1 aliphatic heterocycles. The van der Waals surface area contributed by atoms with Crippen LogP contribution in [0.2, 0.25) is 0 Å². The second-order valence-electron chi connectivity index (χ2n) is 6.61. The third-order valence-corrected chi connectivity index (χ3v) is 6.07. The van der Waals surface area contributed by atoms with E-state index in [0.717, 1.165) is 11.1 Å². The van der Waals surface area contributed by atoms with Gasteiger partial charge in [-0.15, -0.1) is 10.2 Å². The molecule has 0 saturated carbocycles. The molecule has 4 rings (SSSR count). The number of benzene rings is 2. The van der Waals surface area contributed by atoms with Crippen molar-refractivity contribution in [1.82, 2.24) is 10.2 Å². The van der Waals surface area contributed by atoms with Crippen LogP contribution in [0.5, 0.6) is 11.5 Å². The number of anilines is 2. The summed E-state index contributed by atoms with van der Waals surface area (Å²) in [6.07, 6.45) is 0. The Morgan fingerprint density at radius 1 is 1.03 bits per heavy atom. The molecule has 2 heterocycles. The van der Waals surface area contributed by atoms with Crippen molar-refractivity contribution in [2.75, 3.05) is 23.2 Å². The molecule has 2 amide bonds. The van der Waals surface area contributed by atoms with Crippen molar-refractivity contribution in [2.45, 2.75) is 18.2 Å². The number of thioether (sulfide) groups is 1. The van der Waals surface area contributed by atoms with Gasteiger partial charge in [-0.2, -0.15) is 0 Å². The van der Waals surface area contributed by atoms with Crippen molar-refractivity contribution < 1.29 is 19.1 Å². The van der Waals surface area contributed by atoms with Crippen molar-refractivity contribution in [3.63, 3.8) is 0 Å². The fourth-order valence-corrected chi connectivity index (χ4v) is 4.44. The van der Waals surface area contributed by atoms with E-state index in [4.69, 9.17) is 9.47 Å². The average molecular weight is 443 g/mol. The molecule has 0 radical (unpaired) electrons. The maximum atomic E-state index is 12.4. The van der Waals surface area contributed by atoms with E-state index < -0.39 is 0 Å². The number of hydrogen-bond donors (Lipinski definition) is 2. The smallest absolute Gasteiger partial charge is 0.257 e. The number of aryl methyl sites for hydroxylation is 2. The van der Waals surface area contributed by atoms with E-state index in [1.54, 1.807) is 18.2 Å². The van der Waals surface area contributed by atoms with Gasteiger partial charge in [0.1, 0.15) is 0 Å².